The molecule has 4 atom stereocenters. The molecule has 0 bridgehead atoms. The fourth-order valence-corrected chi connectivity index (χ4v) is 7.77. The van der Waals surface area contributed by atoms with Crippen LogP contribution in [0.2, 0.25) is 0 Å². The van der Waals surface area contributed by atoms with E-state index in [1.807, 2.05) is 75.1 Å². The van der Waals surface area contributed by atoms with E-state index in [0.717, 1.165) is 83.3 Å². The van der Waals surface area contributed by atoms with Crippen LogP contribution in [0.5, 0.6) is 0 Å². The normalized spacial score (nSPS) is 20.1. The summed E-state index contributed by atoms with van der Waals surface area (Å²) in [5.74, 6) is 7.36. The number of likely N-dealkylation sites (tertiary alicyclic amines) is 2. The molecule has 8 rings (SSSR count). The monoisotopic (exact) mass is 800 g/mol. The number of carbonyl (C=O) groups is 4. The van der Waals surface area contributed by atoms with Crippen molar-refractivity contribution in [2.24, 2.45) is 11.8 Å². The summed E-state index contributed by atoms with van der Waals surface area (Å²) in [5.41, 5.74) is 5.94. The summed E-state index contributed by atoms with van der Waals surface area (Å²) in [6.07, 6.45) is 6.23. The summed E-state index contributed by atoms with van der Waals surface area (Å²) < 4.78 is 10.7. The molecular weight excluding hydrogens is 749 g/mol. The molecule has 0 radical (unpaired) electrons. The number of amides is 4. The molecule has 0 spiro atoms. The zero-order chi connectivity index (χ0) is 41.4. The zero-order valence-electron chi connectivity index (χ0n) is 34.0. The first-order chi connectivity index (χ1) is 28.4. The third kappa shape index (κ3) is 9.14. The number of rotatable bonds is 11. The summed E-state index contributed by atoms with van der Waals surface area (Å²) in [6.45, 7) is 12.8. The molecule has 14 heteroatoms. The number of hydrogen-bond acceptors (Lipinski definition) is 8. The molecule has 4 amide bonds. The number of benzene rings is 2. The Morgan fingerprint density at radius 3 is 2.02 bits per heavy atom. The van der Waals surface area contributed by atoms with Crippen molar-refractivity contribution < 1.29 is 28.7 Å². The Balaban J connectivity index is 0.914. The number of H-pyrrole nitrogens is 2. The lowest BCUT2D eigenvalue weighted by molar-refractivity contribution is -0.136. The Kier molecular flexibility index (Phi) is 11.2. The maximum atomic E-state index is 13.8. The van der Waals surface area contributed by atoms with Crippen LogP contribution < -0.4 is 10.6 Å². The molecule has 4 aliphatic rings. The smallest absolute Gasteiger partial charge is 0.408 e. The molecule has 4 N–H and O–H groups in total. The van der Waals surface area contributed by atoms with Gasteiger partial charge in [-0.25, -0.2) is 19.6 Å². The van der Waals surface area contributed by atoms with Crippen molar-refractivity contribution in [2.75, 3.05) is 13.1 Å². The average Bonchev–Trinajstić information content (AvgIpc) is 3.92. The Hall–Kier alpha value is -6.10. The van der Waals surface area contributed by atoms with E-state index in [4.69, 9.17) is 14.5 Å². The number of nitrogens with one attached hydrogen (secondary N) is 4. The molecular formula is C45H52N8O6. The Bertz CT molecular complexity index is 2310. The number of carbonyl (C=O) groups excluding carboxylic acids is 4. The van der Waals surface area contributed by atoms with E-state index in [-0.39, 0.29) is 47.9 Å². The molecule has 0 unspecified atom stereocenters. The zero-order valence-corrected chi connectivity index (χ0v) is 34.0. The lowest BCUT2D eigenvalue weighted by atomic mass is 10.0. The highest BCUT2D eigenvalue weighted by atomic mass is 16.6. The number of fused-ring (bicyclic) bond motifs is 1. The Labute approximate surface area is 343 Å². The minimum absolute atomic E-state index is 0.0396. The van der Waals surface area contributed by atoms with Gasteiger partial charge in [-0.1, -0.05) is 63.8 Å². The average molecular weight is 801 g/mol. The summed E-state index contributed by atoms with van der Waals surface area (Å²) in [7, 11) is 0. The highest BCUT2D eigenvalue weighted by Gasteiger charge is 2.40. The van der Waals surface area contributed by atoms with Gasteiger partial charge in [0.05, 0.1) is 35.0 Å². The van der Waals surface area contributed by atoms with Crippen molar-refractivity contribution in [3.05, 3.63) is 83.6 Å². The third-order valence-corrected chi connectivity index (χ3v) is 11.4. The molecule has 2 saturated carbocycles. The van der Waals surface area contributed by atoms with Crippen molar-refractivity contribution in [2.45, 2.75) is 109 Å². The van der Waals surface area contributed by atoms with E-state index in [9.17, 15) is 19.2 Å². The molecule has 2 saturated heterocycles. The molecule has 4 heterocycles. The number of aromatic amines is 2. The topological polar surface area (TPSA) is 175 Å². The van der Waals surface area contributed by atoms with Gasteiger partial charge in [-0.2, -0.15) is 0 Å². The second-order valence-electron chi connectivity index (χ2n) is 16.9. The SMILES string of the molecule is C=C1C[C@@H](c2ncc(-c3ccc(C#Cc4ccc5nc([C@@H]6CCCN6C(=O)[C@@H](NC(=O)OC6CC6)C(C)C)[nH]c5c4)cc3)[nH]2)N(C(=O)[C@@H](NC(=O)OC2CC2)C(C)C)C1. The maximum Gasteiger partial charge on any atom is 0.408 e. The number of nitrogens with zero attached hydrogens (tertiary/aromatic N) is 4. The minimum Gasteiger partial charge on any atom is -0.446 e. The first-order valence-corrected chi connectivity index (χ1v) is 20.8. The predicted molar refractivity (Wildman–Crippen MR) is 221 cm³/mol. The molecule has 4 aromatic rings. The summed E-state index contributed by atoms with van der Waals surface area (Å²) in [5, 5.41) is 5.61. The van der Waals surface area contributed by atoms with Gasteiger partial charge in [-0.3, -0.25) is 9.59 Å². The van der Waals surface area contributed by atoms with E-state index < -0.39 is 24.3 Å². The highest BCUT2D eigenvalue weighted by Crippen LogP contribution is 2.36. The standard InChI is InChI=1S/C45H52N8O6/c1-25(2)38(50-44(56)58-31-15-16-31)42(54)52-20-6-7-36(52)41-47-33-19-12-29(22-34(33)48-41)9-8-28-10-13-30(14-11-28)35-23-46-40(49-35)37-21-27(5)24-53(37)43(55)39(26(3)4)51-45(57)59-32-17-18-32/h10-14,19,22-23,25-26,31-32,36-39H,5-7,15-18,20-21,24H2,1-4H3,(H,46,49)(H,47,48)(H,50,56)(H,51,57)/t36-,37-,38-,39-/m0/s1. The lowest BCUT2D eigenvalue weighted by Gasteiger charge is -2.30. The molecule has 14 nitrogen and oxygen atoms in total. The number of imidazole rings is 2. The molecule has 2 aliphatic heterocycles. The van der Waals surface area contributed by atoms with Crippen molar-refractivity contribution in [3.63, 3.8) is 0 Å². The first-order valence-electron chi connectivity index (χ1n) is 20.8. The number of ether oxygens (including phenoxy) is 2. The maximum absolute atomic E-state index is 13.8. The van der Waals surface area contributed by atoms with Gasteiger partial charge in [0.15, 0.2) is 0 Å². The number of aromatic nitrogens is 4. The van der Waals surface area contributed by atoms with Crippen LogP contribution >= 0.6 is 0 Å². The van der Waals surface area contributed by atoms with Crippen LogP contribution in [0.25, 0.3) is 22.3 Å². The van der Waals surface area contributed by atoms with Crippen molar-refractivity contribution in [1.29, 1.82) is 0 Å². The van der Waals surface area contributed by atoms with E-state index in [2.05, 4.69) is 44.0 Å². The predicted octanol–water partition coefficient (Wildman–Crippen LogP) is 6.67. The Morgan fingerprint density at radius 2 is 1.39 bits per heavy atom. The van der Waals surface area contributed by atoms with E-state index in [0.29, 0.717) is 25.3 Å². The lowest BCUT2D eigenvalue weighted by Crippen LogP contribution is -2.51. The summed E-state index contributed by atoms with van der Waals surface area (Å²) in [6, 6.07) is 11.8. The molecule has 59 heavy (non-hydrogen) atoms. The van der Waals surface area contributed by atoms with Crippen LogP contribution in [0.15, 0.2) is 60.8 Å². The minimum atomic E-state index is -0.728. The van der Waals surface area contributed by atoms with Gasteiger partial charge in [0.2, 0.25) is 11.8 Å². The molecule has 2 aromatic heterocycles. The van der Waals surface area contributed by atoms with Crippen LogP contribution in [-0.4, -0.2) is 91.1 Å². The summed E-state index contributed by atoms with van der Waals surface area (Å²) in [4.78, 5) is 72.4. The van der Waals surface area contributed by atoms with Gasteiger partial charge in [-0.15, -0.1) is 0 Å². The molecule has 308 valence electrons. The fraction of sp³-hybridized carbons (Fsp3) is 0.467. The molecule has 2 aliphatic carbocycles. The van der Waals surface area contributed by atoms with Crippen LogP contribution in [0.4, 0.5) is 9.59 Å². The van der Waals surface area contributed by atoms with Gasteiger partial charge >= 0.3 is 12.2 Å². The highest BCUT2D eigenvalue weighted by molar-refractivity contribution is 5.88. The van der Waals surface area contributed by atoms with Gasteiger partial charge < -0.3 is 39.9 Å². The molecule has 2 aromatic carbocycles. The van der Waals surface area contributed by atoms with E-state index in [1.165, 1.54) is 0 Å². The van der Waals surface area contributed by atoms with Crippen LogP contribution in [0, 0.1) is 23.7 Å². The van der Waals surface area contributed by atoms with Crippen LogP contribution in [0.3, 0.4) is 0 Å². The van der Waals surface area contributed by atoms with E-state index in [1.54, 1.807) is 11.1 Å². The summed E-state index contributed by atoms with van der Waals surface area (Å²) >= 11 is 0. The third-order valence-electron chi connectivity index (χ3n) is 11.4. The fourth-order valence-electron chi connectivity index (χ4n) is 7.77. The van der Waals surface area contributed by atoms with E-state index >= 15 is 0 Å². The number of alkyl carbamates (subject to hydrolysis) is 2. The van der Waals surface area contributed by atoms with Gasteiger partial charge in [0.25, 0.3) is 0 Å². The van der Waals surface area contributed by atoms with Crippen LogP contribution in [0.1, 0.15) is 108 Å². The van der Waals surface area contributed by atoms with Gasteiger partial charge in [0, 0.05) is 24.2 Å². The Morgan fingerprint density at radius 1 is 0.780 bits per heavy atom. The quantitative estimate of drug-likeness (QED) is 0.0961. The van der Waals surface area contributed by atoms with Crippen molar-refractivity contribution in [3.8, 4) is 23.1 Å². The largest absolute Gasteiger partial charge is 0.446 e. The second kappa shape index (κ2) is 16.6. The molecule has 4 fully saturated rings. The second-order valence-corrected chi connectivity index (χ2v) is 16.9. The van der Waals surface area contributed by atoms with Crippen LogP contribution in [-0.2, 0) is 19.1 Å². The first kappa shape index (κ1) is 39.7. The van der Waals surface area contributed by atoms with Gasteiger partial charge in [0.1, 0.15) is 35.9 Å². The number of hydrogen-bond donors (Lipinski definition) is 4. The van der Waals surface area contributed by atoms with Gasteiger partial charge in [-0.05, 0) is 92.7 Å². The van der Waals surface area contributed by atoms with Crippen molar-refractivity contribution in [1.82, 2.24) is 40.4 Å². The van der Waals surface area contributed by atoms with Crippen molar-refractivity contribution >= 4 is 35.0 Å².